The van der Waals surface area contributed by atoms with Gasteiger partial charge in [-0.3, -0.25) is 0 Å². The van der Waals surface area contributed by atoms with Gasteiger partial charge in [0.2, 0.25) is 5.76 Å². The molecule has 0 radical (unpaired) electrons. The van der Waals surface area contributed by atoms with Gasteiger partial charge in [0.15, 0.2) is 0 Å². The Morgan fingerprint density at radius 3 is 2.44 bits per heavy atom. The largest absolute Gasteiger partial charge is 0.506 e. The summed E-state index contributed by atoms with van der Waals surface area (Å²) < 4.78 is 54.3. The molecule has 1 N–H and O–H groups in total. The van der Waals surface area contributed by atoms with E-state index in [2.05, 4.69) is 9.68 Å². The van der Waals surface area contributed by atoms with Crippen molar-refractivity contribution < 1.29 is 27.2 Å². The molecule has 0 aliphatic rings. The number of hydrogen-bond donors (Lipinski definition) is 1. The molecule has 0 saturated heterocycles. The maximum Gasteiger partial charge on any atom is 0.452 e. The molecule has 0 amide bonds. The lowest BCUT2D eigenvalue weighted by molar-refractivity contribution is -0.155. The van der Waals surface area contributed by atoms with Gasteiger partial charge in [0.1, 0.15) is 17.3 Å². The predicted molar refractivity (Wildman–Crippen MR) is 53.6 cm³/mol. The lowest BCUT2D eigenvalue weighted by Gasteiger charge is -2.01. The minimum absolute atomic E-state index is 0.254. The van der Waals surface area contributed by atoms with E-state index in [1.54, 1.807) is 0 Å². The van der Waals surface area contributed by atoms with Crippen molar-refractivity contribution in [1.29, 1.82) is 0 Å². The van der Waals surface area contributed by atoms with Gasteiger partial charge in [-0.25, -0.2) is 4.39 Å². The van der Waals surface area contributed by atoms with Gasteiger partial charge in [0.25, 0.3) is 0 Å². The number of phenols is 1. The van der Waals surface area contributed by atoms with Crippen molar-refractivity contribution in [2.75, 3.05) is 0 Å². The summed E-state index contributed by atoms with van der Waals surface area (Å²) in [6, 6.07) is 2.18. The summed E-state index contributed by atoms with van der Waals surface area (Å²) >= 11 is 5.44. The molecule has 0 unspecified atom stereocenters. The fourth-order valence-corrected chi connectivity index (χ4v) is 1.42. The van der Waals surface area contributed by atoms with Crippen LogP contribution in [0.5, 0.6) is 5.75 Å². The first-order valence-corrected chi connectivity index (χ1v) is 4.89. The monoisotopic (exact) mass is 281 g/mol. The zero-order chi connectivity index (χ0) is 13.5. The molecule has 2 rings (SSSR count). The first-order valence-electron chi connectivity index (χ1n) is 4.51. The molecule has 0 spiro atoms. The molecule has 96 valence electrons. The quantitative estimate of drug-likeness (QED) is 0.807. The molecule has 0 saturated carbocycles. The third-order valence-corrected chi connectivity index (χ3v) is 2.40. The standard InChI is InChI=1S/C10H4ClF4NO2/c11-5-2-6(12)4(1-8(5)17)7-3-9(18-16-7)10(13,14)15/h1-3,17H. The molecule has 0 fully saturated rings. The second-order valence-corrected chi connectivity index (χ2v) is 3.76. The average Bonchev–Trinajstić information content (AvgIpc) is 2.72. The molecule has 1 aromatic heterocycles. The van der Waals surface area contributed by atoms with Gasteiger partial charge in [-0.15, -0.1) is 0 Å². The van der Waals surface area contributed by atoms with Crippen LogP contribution in [0, 0.1) is 5.82 Å². The van der Waals surface area contributed by atoms with Crippen LogP contribution < -0.4 is 0 Å². The molecule has 2 aromatic rings. The van der Waals surface area contributed by atoms with E-state index in [-0.39, 0.29) is 16.3 Å². The van der Waals surface area contributed by atoms with Crippen LogP contribution in [0.3, 0.4) is 0 Å². The Morgan fingerprint density at radius 2 is 1.89 bits per heavy atom. The normalized spacial score (nSPS) is 11.8. The van der Waals surface area contributed by atoms with Crippen molar-refractivity contribution in [2.45, 2.75) is 6.18 Å². The highest BCUT2D eigenvalue weighted by molar-refractivity contribution is 6.32. The third kappa shape index (κ3) is 2.26. The zero-order valence-electron chi connectivity index (χ0n) is 8.42. The van der Waals surface area contributed by atoms with Crippen molar-refractivity contribution in [3.63, 3.8) is 0 Å². The number of benzene rings is 1. The minimum atomic E-state index is -4.71. The third-order valence-electron chi connectivity index (χ3n) is 2.10. The van der Waals surface area contributed by atoms with Gasteiger partial charge < -0.3 is 9.63 Å². The number of aromatic hydroxyl groups is 1. The average molecular weight is 282 g/mol. The number of hydrogen-bond acceptors (Lipinski definition) is 3. The Morgan fingerprint density at radius 1 is 1.22 bits per heavy atom. The van der Waals surface area contributed by atoms with E-state index >= 15 is 0 Å². The molecule has 18 heavy (non-hydrogen) atoms. The highest BCUT2D eigenvalue weighted by atomic mass is 35.5. The van der Waals surface area contributed by atoms with Crippen LogP contribution in [-0.2, 0) is 6.18 Å². The van der Waals surface area contributed by atoms with Crippen LogP contribution in [0.25, 0.3) is 11.3 Å². The summed E-state index contributed by atoms with van der Waals surface area (Å²) in [5.74, 6) is -2.74. The molecular weight excluding hydrogens is 278 g/mol. The molecule has 1 heterocycles. The number of alkyl halides is 3. The van der Waals surface area contributed by atoms with Gasteiger partial charge in [-0.1, -0.05) is 16.8 Å². The molecular formula is C10H4ClF4NO2. The smallest absolute Gasteiger partial charge is 0.452 e. The summed E-state index contributed by atoms with van der Waals surface area (Å²) in [4.78, 5) is 0. The molecule has 8 heteroatoms. The van der Waals surface area contributed by atoms with Crippen LogP contribution in [0.15, 0.2) is 22.7 Å². The molecule has 0 aliphatic heterocycles. The van der Waals surface area contributed by atoms with E-state index in [0.717, 1.165) is 12.1 Å². The molecule has 1 aromatic carbocycles. The topological polar surface area (TPSA) is 46.3 Å². The number of rotatable bonds is 1. The summed E-state index contributed by atoms with van der Waals surface area (Å²) in [5.41, 5.74) is -0.719. The number of nitrogens with zero attached hydrogens (tertiary/aromatic N) is 1. The van der Waals surface area contributed by atoms with Crippen molar-refractivity contribution in [1.82, 2.24) is 5.16 Å². The summed E-state index contributed by atoms with van der Waals surface area (Å²) in [5, 5.41) is 12.1. The fourth-order valence-electron chi connectivity index (χ4n) is 1.27. The molecule has 0 aliphatic carbocycles. The van der Waals surface area contributed by atoms with Crippen LogP contribution in [0.4, 0.5) is 17.6 Å². The Labute approximate surface area is 103 Å². The molecule has 3 nitrogen and oxygen atoms in total. The fraction of sp³-hybridized carbons (Fsp3) is 0.100. The SMILES string of the molecule is Oc1cc(-c2cc(C(F)(F)F)on2)c(F)cc1Cl. The lowest BCUT2D eigenvalue weighted by Crippen LogP contribution is -2.02. The van der Waals surface area contributed by atoms with E-state index in [0.29, 0.717) is 6.07 Å². The minimum Gasteiger partial charge on any atom is -0.506 e. The van der Waals surface area contributed by atoms with E-state index < -0.39 is 23.5 Å². The summed E-state index contributed by atoms with van der Waals surface area (Å²) in [6.07, 6.45) is -4.71. The van der Waals surface area contributed by atoms with Gasteiger partial charge in [-0.05, 0) is 12.1 Å². The van der Waals surface area contributed by atoms with E-state index in [1.807, 2.05) is 0 Å². The van der Waals surface area contributed by atoms with Gasteiger partial charge in [-0.2, -0.15) is 13.2 Å². The summed E-state index contributed by atoms with van der Waals surface area (Å²) in [7, 11) is 0. The Balaban J connectivity index is 2.50. The molecule has 0 atom stereocenters. The maximum absolute atomic E-state index is 13.5. The highest BCUT2D eigenvalue weighted by Crippen LogP contribution is 2.35. The Bertz CT molecular complexity index is 594. The maximum atomic E-state index is 13.5. The first kappa shape index (κ1) is 12.7. The number of aromatic nitrogens is 1. The highest BCUT2D eigenvalue weighted by Gasteiger charge is 2.36. The Kier molecular flexibility index (Phi) is 2.94. The zero-order valence-corrected chi connectivity index (χ0v) is 9.18. The van der Waals surface area contributed by atoms with Crippen molar-refractivity contribution in [3.8, 4) is 17.0 Å². The van der Waals surface area contributed by atoms with E-state index in [1.165, 1.54) is 0 Å². The van der Waals surface area contributed by atoms with Crippen molar-refractivity contribution in [3.05, 3.63) is 34.8 Å². The predicted octanol–water partition coefficient (Wildman–Crippen LogP) is 3.86. The summed E-state index contributed by atoms with van der Waals surface area (Å²) in [6.45, 7) is 0. The van der Waals surface area contributed by atoms with E-state index in [9.17, 15) is 22.7 Å². The number of phenolic OH excluding ortho intramolecular Hbond substituents is 1. The molecule has 0 bridgehead atoms. The first-order chi connectivity index (χ1) is 8.29. The Hall–Kier alpha value is -1.76. The van der Waals surface area contributed by atoms with Gasteiger partial charge in [0, 0.05) is 11.6 Å². The van der Waals surface area contributed by atoms with Crippen LogP contribution in [0.2, 0.25) is 5.02 Å². The van der Waals surface area contributed by atoms with Crippen LogP contribution in [0.1, 0.15) is 5.76 Å². The number of halogens is 5. The van der Waals surface area contributed by atoms with Crippen molar-refractivity contribution >= 4 is 11.6 Å². The van der Waals surface area contributed by atoms with Crippen LogP contribution >= 0.6 is 11.6 Å². The second-order valence-electron chi connectivity index (χ2n) is 3.36. The van der Waals surface area contributed by atoms with Gasteiger partial charge >= 0.3 is 6.18 Å². The lowest BCUT2D eigenvalue weighted by atomic mass is 10.1. The van der Waals surface area contributed by atoms with Gasteiger partial charge in [0.05, 0.1) is 5.02 Å². The van der Waals surface area contributed by atoms with Crippen molar-refractivity contribution in [2.24, 2.45) is 0 Å². The second kappa shape index (κ2) is 4.16. The van der Waals surface area contributed by atoms with E-state index in [4.69, 9.17) is 11.6 Å². The van der Waals surface area contributed by atoms with Crippen LogP contribution in [-0.4, -0.2) is 10.3 Å².